The molecule has 1 unspecified atom stereocenters. The first-order valence-electron chi connectivity index (χ1n) is 16.6. The number of aryl methyl sites for hydroxylation is 1. The van der Waals surface area contributed by atoms with Crippen molar-refractivity contribution in [2.24, 2.45) is 11.7 Å². The maximum absolute atomic E-state index is 12.5. The molecule has 0 spiro atoms. The van der Waals surface area contributed by atoms with E-state index in [9.17, 15) is 31.2 Å². The van der Waals surface area contributed by atoms with Crippen LogP contribution in [0.5, 0.6) is 0 Å². The van der Waals surface area contributed by atoms with Crippen molar-refractivity contribution < 1.29 is 31.2 Å². The second kappa shape index (κ2) is 29.4. The number of allylic oxidation sites excluding steroid dienone is 5. The Hall–Kier alpha value is -2.76. The second-order valence-corrected chi connectivity index (χ2v) is 12.7. The Balaban J connectivity index is -0.000000629. The molecule has 0 radical (unpaired) electrons. The van der Waals surface area contributed by atoms with E-state index in [0.717, 1.165) is 56.9 Å². The molecule has 1 aromatic rings. The fourth-order valence-electron chi connectivity index (χ4n) is 3.76. The smallest absolute Gasteiger partial charge is 0.356 e. The number of aldehydes is 1. The Kier molecular flexibility index (Phi) is 30.4. The summed E-state index contributed by atoms with van der Waals surface area (Å²) in [6, 6.07) is 8.35. The number of alkyl halides is 3. The van der Waals surface area contributed by atoms with Gasteiger partial charge in [0.15, 0.2) is 0 Å². The van der Waals surface area contributed by atoms with Gasteiger partial charge < -0.3 is 15.8 Å². The second-order valence-electron chi connectivity index (χ2n) is 10.8. The maximum atomic E-state index is 12.5. The highest BCUT2D eigenvalue weighted by Gasteiger charge is 2.26. The van der Waals surface area contributed by atoms with E-state index in [1.165, 1.54) is 11.1 Å². The van der Waals surface area contributed by atoms with E-state index in [1.54, 1.807) is 22.5 Å². The monoisotopic (exact) mass is 689 g/mol. The molecule has 1 aromatic carbocycles. The number of nitrogens with zero attached hydrogens (tertiary/aromatic N) is 1. The largest absolute Gasteiger partial charge is 0.386 e. The number of nitrogens with two attached hydrogens (primary N) is 1. The quantitative estimate of drug-likeness (QED) is 0.130. The Labute approximate surface area is 284 Å². The minimum Gasteiger partial charge on any atom is -0.356 e. The number of carbonyl (C=O) groups is 2. The summed E-state index contributed by atoms with van der Waals surface area (Å²) in [6.45, 7) is 18.4. The summed E-state index contributed by atoms with van der Waals surface area (Å²) in [4.78, 5) is 21.4. The van der Waals surface area contributed by atoms with Crippen LogP contribution in [-0.4, -0.2) is 57.3 Å². The minimum absolute atomic E-state index is 0.0191. The Morgan fingerprint density at radius 2 is 1.57 bits per heavy atom. The van der Waals surface area contributed by atoms with Crippen LogP contribution in [0.15, 0.2) is 59.0 Å². The van der Waals surface area contributed by atoms with Crippen molar-refractivity contribution in [2.75, 3.05) is 26.2 Å². The lowest BCUT2D eigenvalue weighted by atomic mass is 9.99. The molecule has 3 N–H and O–H groups in total. The summed E-state index contributed by atoms with van der Waals surface area (Å²) in [7, 11) is -3.32. The summed E-state index contributed by atoms with van der Waals surface area (Å²) in [5.74, 6) is 0.151. The summed E-state index contributed by atoms with van der Waals surface area (Å²) < 4.78 is 57.7. The van der Waals surface area contributed by atoms with Crippen LogP contribution in [0.3, 0.4) is 0 Å². The van der Waals surface area contributed by atoms with Crippen molar-refractivity contribution in [1.82, 2.24) is 9.62 Å². The number of hydrogen-bond donors (Lipinski definition) is 2. The van der Waals surface area contributed by atoms with E-state index < -0.39 is 16.2 Å². The van der Waals surface area contributed by atoms with Gasteiger partial charge in [0.2, 0.25) is 15.9 Å². The third-order valence-corrected chi connectivity index (χ3v) is 8.21. The van der Waals surface area contributed by atoms with Gasteiger partial charge in [-0.1, -0.05) is 81.7 Å². The zero-order chi connectivity index (χ0) is 36.9. The van der Waals surface area contributed by atoms with Gasteiger partial charge in [-0.05, 0) is 84.1 Å². The number of rotatable bonds is 12. The minimum atomic E-state index is -4.00. The van der Waals surface area contributed by atoms with Crippen molar-refractivity contribution in [1.29, 1.82) is 0 Å². The van der Waals surface area contributed by atoms with Crippen LogP contribution in [0, 0.1) is 12.8 Å². The number of benzene rings is 1. The van der Waals surface area contributed by atoms with Gasteiger partial charge in [-0.2, -0.15) is 17.5 Å². The van der Waals surface area contributed by atoms with E-state index >= 15 is 0 Å². The lowest BCUT2D eigenvalue weighted by molar-refractivity contribution is -0.124. The molecule has 1 atom stereocenters. The highest BCUT2D eigenvalue weighted by molar-refractivity contribution is 7.93. The molecule has 1 fully saturated rings. The molecule has 47 heavy (non-hydrogen) atoms. The van der Waals surface area contributed by atoms with Gasteiger partial charge in [0.05, 0.1) is 4.91 Å². The van der Waals surface area contributed by atoms with Gasteiger partial charge in [0, 0.05) is 38.9 Å². The first-order chi connectivity index (χ1) is 22.1. The SMILES string of the molecule is CC.CC(F)(F)F.CCC=O.C\C=C/C(=C\C(C)=C/C)S(=O)(=O)N1CCCCC1.Cc1ccc(CC(C)C(=O)NCCCCN)cc1. The molecule has 0 bridgehead atoms. The van der Waals surface area contributed by atoms with Crippen LogP contribution in [-0.2, 0) is 26.0 Å². The molecule has 0 aliphatic carbocycles. The van der Waals surface area contributed by atoms with E-state index in [4.69, 9.17) is 5.73 Å². The van der Waals surface area contributed by atoms with Gasteiger partial charge in [-0.25, -0.2) is 8.42 Å². The standard InChI is InChI=1S/C15H24N2O.C14H23NO2S.C3H6O.C2H3F3.C2H6/c1-12-5-7-14(8-6-12)11-13(2)15(18)17-10-4-3-9-16;1-4-9-14(12-13(3)5-2)18(16,17)15-10-7-6-8-11-15;1-2-3-4;1-2(3,4)5;1-2/h5-8,13H,3-4,9-11,16H2,1-2H3,(H,17,18);4-5,9,12H,6-8,10-11H2,1-3H3;3H,2H2,1H3;1H3;1-2H3/b;9-4-,13-5-,14-12+;;;. The zero-order valence-corrected chi connectivity index (χ0v) is 31.1. The van der Waals surface area contributed by atoms with E-state index in [0.29, 0.717) is 31.0 Å². The van der Waals surface area contributed by atoms with Crippen LogP contribution in [0.1, 0.15) is 105 Å². The highest BCUT2D eigenvalue weighted by atomic mass is 32.2. The summed E-state index contributed by atoms with van der Waals surface area (Å²) in [5.41, 5.74) is 8.83. The first kappa shape index (κ1) is 48.6. The molecule has 272 valence electrons. The van der Waals surface area contributed by atoms with E-state index in [1.807, 2.05) is 54.5 Å². The van der Waals surface area contributed by atoms with Crippen molar-refractivity contribution in [3.8, 4) is 0 Å². The molecule has 0 aromatic heterocycles. The fraction of sp³-hybridized carbons (Fsp3) is 0.611. The molecular formula is C36H62F3N3O4S. The number of sulfonamides is 1. The molecule has 1 aliphatic rings. The maximum Gasteiger partial charge on any atom is 0.386 e. The molecule has 1 amide bonds. The number of unbranched alkanes of at least 4 members (excludes halogenated alkanes) is 1. The van der Waals surface area contributed by atoms with Crippen LogP contribution in [0.4, 0.5) is 13.2 Å². The van der Waals surface area contributed by atoms with Gasteiger partial charge in [0.25, 0.3) is 0 Å². The highest BCUT2D eigenvalue weighted by Crippen LogP contribution is 2.21. The van der Waals surface area contributed by atoms with Crippen LogP contribution in [0.2, 0.25) is 0 Å². The Morgan fingerprint density at radius 3 is 2.00 bits per heavy atom. The Morgan fingerprint density at radius 1 is 1.06 bits per heavy atom. The molecule has 0 saturated carbocycles. The van der Waals surface area contributed by atoms with Gasteiger partial charge in [0.1, 0.15) is 6.29 Å². The number of amides is 1. The molecule has 7 nitrogen and oxygen atoms in total. The van der Waals surface area contributed by atoms with Crippen LogP contribution < -0.4 is 11.1 Å². The Bertz CT molecular complexity index is 1140. The lowest BCUT2D eigenvalue weighted by Crippen LogP contribution is -2.36. The first-order valence-corrected chi connectivity index (χ1v) is 18.0. The van der Waals surface area contributed by atoms with Crippen molar-refractivity contribution in [3.05, 3.63) is 70.2 Å². The average Bonchev–Trinajstić information content (AvgIpc) is 3.04. The predicted molar refractivity (Wildman–Crippen MR) is 191 cm³/mol. The zero-order valence-electron chi connectivity index (χ0n) is 30.3. The fourth-order valence-corrected chi connectivity index (χ4v) is 5.44. The van der Waals surface area contributed by atoms with Gasteiger partial charge in [-0.3, -0.25) is 4.79 Å². The van der Waals surface area contributed by atoms with Crippen molar-refractivity contribution in [3.63, 3.8) is 0 Å². The molecule has 1 heterocycles. The van der Waals surface area contributed by atoms with Gasteiger partial charge in [-0.15, -0.1) is 0 Å². The molecule has 2 rings (SSSR count). The number of piperidine rings is 1. The number of hydrogen-bond acceptors (Lipinski definition) is 5. The number of halogens is 3. The molecule has 1 saturated heterocycles. The molecular weight excluding hydrogens is 627 g/mol. The van der Waals surface area contributed by atoms with Crippen molar-refractivity contribution >= 4 is 22.2 Å². The summed E-state index contributed by atoms with van der Waals surface area (Å²) in [6.07, 6.45) is 10.4. The third kappa shape index (κ3) is 28.0. The summed E-state index contributed by atoms with van der Waals surface area (Å²) >= 11 is 0. The molecule has 1 aliphatic heterocycles. The molecule has 11 heteroatoms. The number of nitrogens with one attached hydrogen (secondary N) is 1. The summed E-state index contributed by atoms with van der Waals surface area (Å²) in [5, 5.41) is 2.95. The van der Waals surface area contributed by atoms with E-state index in [-0.39, 0.29) is 18.7 Å². The lowest BCUT2D eigenvalue weighted by Gasteiger charge is -2.26. The predicted octanol–water partition coefficient (Wildman–Crippen LogP) is 8.45. The van der Waals surface area contributed by atoms with Crippen LogP contribution in [0.25, 0.3) is 0 Å². The van der Waals surface area contributed by atoms with E-state index in [2.05, 4.69) is 36.5 Å². The van der Waals surface area contributed by atoms with Gasteiger partial charge >= 0.3 is 6.18 Å². The average molecular weight is 690 g/mol. The topological polar surface area (TPSA) is 110 Å². The number of carbonyl (C=O) groups excluding carboxylic acids is 2. The third-order valence-electron chi connectivity index (χ3n) is 6.32. The van der Waals surface area contributed by atoms with Crippen molar-refractivity contribution in [2.45, 2.75) is 113 Å². The normalized spacial score (nSPS) is 14.5. The van der Waals surface area contributed by atoms with Crippen LogP contribution >= 0.6 is 0 Å².